The first kappa shape index (κ1) is 21.7. The number of carbonyl (C=O) groups excluding carboxylic acids is 1. The summed E-state index contributed by atoms with van der Waals surface area (Å²) in [4.78, 5) is 11.7. The van der Waals surface area contributed by atoms with E-state index in [1.54, 1.807) is 18.2 Å². The molecule has 0 fully saturated rings. The van der Waals surface area contributed by atoms with Crippen molar-refractivity contribution in [2.75, 3.05) is 21.3 Å². The minimum Gasteiger partial charge on any atom is -0.872 e. The Kier molecular flexibility index (Phi) is 13.2. The van der Waals surface area contributed by atoms with E-state index in [0.29, 0.717) is 5.56 Å². The molecule has 0 aliphatic heterocycles. The molecule has 1 aromatic rings. The van der Waals surface area contributed by atoms with Gasteiger partial charge in [0.2, 0.25) is 0 Å². The van der Waals surface area contributed by atoms with Crippen molar-refractivity contribution in [1.82, 2.24) is 0 Å². The molecule has 0 bridgehead atoms. The number of esters is 1. The largest absolute Gasteiger partial charge is 1.00 e. The molecule has 20 heavy (non-hydrogen) atoms. The predicted molar refractivity (Wildman–Crippen MR) is 69.8 cm³/mol. The van der Waals surface area contributed by atoms with Crippen molar-refractivity contribution in [2.45, 2.75) is 26.1 Å². The Bertz CT molecular complexity index is 380. The zero-order chi connectivity index (χ0) is 14.8. The summed E-state index contributed by atoms with van der Waals surface area (Å²) in [5, 5.41) is 11.7. The first-order chi connectivity index (χ1) is 9.15. The molecule has 0 amide bonds. The van der Waals surface area contributed by atoms with Gasteiger partial charge in [0, 0.05) is 14.2 Å². The second-order valence-electron chi connectivity index (χ2n) is 3.38. The molecule has 1 aromatic carbocycles. The quantitative estimate of drug-likeness (QED) is 0.382. The SMILES string of the molecule is CC.COC(=O)C(c1ccccc1[O-])C(OC)OC.[Na+]. The number of carbonyl (C=O) groups is 1. The van der Waals surface area contributed by atoms with Gasteiger partial charge in [-0.2, -0.15) is 0 Å². The van der Waals surface area contributed by atoms with Crippen LogP contribution in [0.15, 0.2) is 24.3 Å². The average molecular weight is 292 g/mol. The first-order valence-corrected chi connectivity index (χ1v) is 6.05. The van der Waals surface area contributed by atoms with E-state index in [-0.39, 0.29) is 35.3 Å². The Hall–Kier alpha value is -0.590. The molecule has 0 N–H and O–H groups in total. The van der Waals surface area contributed by atoms with Gasteiger partial charge in [-0.05, 0) is 5.56 Å². The van der Waals surface area contributed by atoms with E-state index < -0.39 is 18.2 Å². The third kappa shape index (κ3) is 5.81. The molecule has 0 heterocycles. The summed E-state index contributed by atoms with van der Waals surface area (Å²) in [5.41, 5.74) is 0.299. The molecule has 1 atom stereocenters. The van der Waals surface area contributed by atoms with Crippen molar-refractivity contribution in [1.29, 1.82) is 0 Å². The van der Waals surface area contributed by atoms with Gasteiger partial charge in [-0.3, -0.25) is 4.79 Å². The molecular formula is C14H21NaO5. The Morgan fingerprint density at radius 1 is 1.10 bits per heavy atom. The van der Waals surface area contributed by atoms with Crippen molar-refractivity contribution in [3.05, 3.63) is 29.8 Å². The van der Waals surface area contributed by atoms with E-state index >= 15 is 0 Å². The number of para-hydroxylation sites is 1. The third-order valence-electron chi connectivity index (χ3n) is 2.45. The van der Waals surface area contributed by atoms with E-state index in [1.165, 1.54) is 27.4 Å². The van der Waals surface area contributed by atoms with E-state index in [2.05, 4.69) is 4.74 Å². The monoisotopic (exact) mass is 292 g/mol. The van der Waals surface area contributed by atoms with Crippen LogP contribution in [-0.2, 0) is 19.0 Å². The van der Waals surface area contributed by atoms with Gasteiger partial charge in [0.15, 0.2) is 6.29 Å². The molecule has 0 aliphatic carbocycles. The summed E-state index contributed by atoms with van der Waals surface area (Å²) in [5.74, 6) is -1.70. The summed E-state index contributed by atoms with van der Waals surface area (Å²) in [6.07, 6.45) is -0.849. The Morgan fingerprint density at radius 3 is 2.00 bits per heavy atom. The van der Waals surface area contributed by atoms with E-state index in [4.69, 9.17) is 9.47 Å². The second kappa shape index (κ2) is 12.2. The topological polar surface area (TPSA) is 67.8 Å². The van der Waals surface area contributed by atoms with Crippen LogP contribution in [0.2, 0.25) is 0 Å². The fourth-order valence-corrected chi connectivity index (χ4v) is 1.62. The minimum absolute atomic E-state index is 0. The fourth-order valence-electron chi connectivity index (χ4n) is 1.62. The zero-order valence-electron chi connectivity index (χ0n) is 13.0. The summed E-state index contributed by atoms with van der Waals surface area (Å²) >= 11 is 0. The number of ether oxygens (including phenoxy) is 3. The number of benzene rings is 1. The van der Waals surface area contributed by atoms with E-state index in [9.17, 15) is 9.90 Å². The second-order valence-corrected chi connectivity index (χ2v) is 3.38. The number of hydrogen-bond acceptors (Lipinski definition) is 5. The van der Waals surface area contributed by atoms with Crippen LogP contribution in [0.25, 0.3) is 0 Å². The van der Waals surface area contributed by atoms with Gasteiger partial charge in [0.25, 0.3) is 0 Å². The van der Waals surface area contributed by atoms with Gasteiger partial charge in [-0.15, -0.1) is 5.75 Å². The van der Waals surface area contributed by atoms with Crippen LogP contribution in [0.4, 0.5) is 0 Å². The van der Waals surface area contributed by atoms with Crippen LogP contribution in [0.3, 0.4) is 0 Å². The smallest absolute Gasteiger partial charge is 0.872 e. The predicted octanol–water partition coefficient (Wildman–Crippen LogP) is -1.33. The van der Waals surface area contributed by atoms with Crippen molar-refractivity contribution in [3.8, 4) is 5.75 Å². The van der Waals surface area contributed by atoms with Crippen molar-refractivity contribution >= 4 is 5.97 Å². The maximum Gasteiger partial charge on any atom is 1.00 e. The van der Waals surface area contributed by atoms with Crippen molar-refractivity contribution < 1.29 is 53.7 Å². The normalized spacial score (nSPS) is 10.9. The fraction of sp³-hybridized carbons (Fsp3) is 0.500. The number of rotatable bonds is 5. The number of hydrogen-bond donors (Lipinski definition) is 0. The van der Waals surface area contributed by atoms with Gasteiger partial charge in [0.1, 0.15) is 5.92 Å². The van der Waals surface area contributed by atoms with E-state index in [0.717, 1.165) is 0 Å². The summed E-state index contributed by atoms with van der Waals surface area (Å²) in [6.45, 7) is 4.00. The molecular weight excluding hydrogens is 271 g/mol. The molecule has 0 saturated carbocycles. The van der Waals surface area contributed by atoms with Crippen molar-refractivity contribution in [3.63, 3.8) is 0 Å². The van der Waals surface area contributed by atoms with Gasteiger partial charge >= 0.3 is 35.5 Å². The van der Waals surface area contributed by atoms with Crippen molar-refractivity contribution in [2.24, 2.45) is 0 Å². The van der Waals surface area contributed by atoms with Gasteiger partial charge in [-0.25, -0.2) is 0 Å². The zero-order valence-corrected chi connectivity index (χ0v) is 15.0. The Balaban J connectivity index is 0. The maximum atomic E-state index is 11.7. The molecule has 0 aromatic heterocycles. The maximum absolute atomic E-state index is 11.7. The van der Waals surface area contributed by atoms with Gasteiger partial charge in [-0.1, -0.05) is 38.1 Å². The molecule has 0 aliphatic rings. The molecule has 0 saturated heterocycles. The standard InChI is InChI=1S/C12H16O5.C2H6.Na/c1-15-11(14)10(12(16-2)17-3)8-6-4-5-7-9(8)13;1-2;/h4-7,10,12-13H,1-3H3;1-2H3;/q;;+1/p-1. The molecule has 1 unspecified atom stereocenters. The number of methoxy groups -OCH3 is 3. The summed E-state index contributed by atoms with van der Waals surface area (Å²) in [7, 11) is 4.06. The van der Waals surface area contributed by atoms with Crippen LogP contribution < -0.4 is 34.7 Å². The average Bonchev–Trinajstić information content (AvgIpc) is 2.47. The molecule has 0 spiro atoms. The molecule has 1 rings (SSSR count). The molecule has 6 heteroatoms. The molecule has 0 radical (unpaired) electrons. The summed E-state index contributed by atoms with van der Waals surface area (Å²) < 4.78 is 14.7. The minimum atomic E-state index is -0.885. The molecule has 5 nitrogen and oxygen atoms in total. The summed E-state index contributed by atoms with van der Waals surface area (Å²) in [6, 6.07) is 6.23. The van der Waals surface area contributed by atoms with Crippen LogP contribution in [0.5, 0.6) is 5.75 Å². The van der Waals surface area contributed by atoms with Crippen LogP contribution in [0.1, 0.15) is 25.3 Å². The van der Waals surface area contributed by atoms with Crippen LogP contribution >= 0.6 is 0 Å². The molecule has 108 valence electrons. The van der Waals surface area contributed by atoms with Crippen LogP contribution in [0, 0.1) is 0 Å². The van der Waals surface area contributed by atoms with E-state index in [1.807, 2.05) is 13.8 Å². The van der Waals surface area contributed by atoms with Crippen LogP contribution in [-0.4, -0.2) is 33.6 Å². The Labute approximate surface area is 142 Å². The Morgan fingerprint density at radius 2 is 1.60 bits per heavy atom. The first-order valence-electron chi connectivity index (χ1n) is 6.05. The van der Waals surface area contributed by atoms with Gasteiger partial charge < -0.3 is 19.3 Å². The third-order valence-corrected chi connectivity index (χ3v) is 2.45. The van der Waals surface area contributed by atoms with Gasteiger partial charge in [0.05, 0.1) is 7.11 Å².